The van der Waals surface area contributed by atoms with Crippen molar-refractivity contribution in [1.82, 2.24) is 9.88 Å². The van der Waals surface area contributed by atoms with E-state index in [0.29, 0.717) is 12.5 Å². The second kappa shape index (κ2) is 7.52. The maximum atomic E-state index is 9.73. The van der Waals surface area contributed by atoms with Crippen LogP contribution in [0.1, 0.15) is 36.8 Å². The van der Waals surface area contributed by atoms with Crippen LogP contribution in [-0.4, -0.2) is 34.3 Å². The Kier molecular flexibility index (Phi) is 4.96. The van der Waals surface area contributed by atoms with Gasteiger partial charge in [0, 0.05) is 36.3 Å². The number of piperidine rings is 1. The van der Waals surface area contributed by atoms with Crippen molar-refractivity contribution in [2.45, 2.75) is 38.5 Å². The van der Waals surface area contributed by atoms with Crippen molar-refractivity contribution in [3.63, 3.8) is 0 Å². The van der Waals surface area contributed by atoms with Gasteiger partial charge in [-0.05, 0) is 48.9 Å². The van der Waals surface area contributed by atoms with Crippen LogP contribution < -0.4 is 4.74 Å². The second-order valence-electron chi connectivity index (χ2n) is 7.17. The number of aliphatic hydroxyl groups excluding tert-OH is 1. The van der Waals surface area contributed by atoms with E-state index in [-0.39, 0.29) is 6.23 Å². The molecule has 0 spiro atoms. The summed E-state index contributed by atoms with van der Waals surface area (Å²) in [5, 5.41) is 11.0. The summed E-state index contributed by atoms with van der Waals surface area (Å²) in [7, 11) is 0. The van der Waals surface area contributed by atoms with E-state index in [1.165, 1.54) is 16.5 Å². The summed E-state index contributed by atoms with van der Waals surface area (Å²) in [5.74, 6) is 1.44. The largest absolute Gasteiger partial charge is 0.489 e. The Morgan fingerprint density at radius 3 is 2.65 bits per heavy atom. The van der Waals surface area contributed by atoms with E-state index in [1.807, 2.05) is 25.1 Å². The van der Waals surface area contributed by atoms with E-state index in [9.17, 15) is 5.11 Å². The minimum Gasteiger partial charge on any atom is -0.489 e. The molecule has 0 saturated carbocycles. The number of rotatable bonds is 5. The number of nitrogens with one attached hydrogen (secondary N) is 1. The van der Waals surface area contributed by atoms with Crippen LogP contribution in [0.4, 0.5) is 0 Å². The second-order valence-corrected chi connectivity index (χ2v) is 7.17. The first-order valence-electron chi connectivity index (χ1n) is 9.40. The maximum Gasteiger partial charge on any atom is 0.121 e. The van der Waals surface area contributed by atoms with E-state index in [4.69, 9.17) is 4.74 Å². The zero-order chi connectivity index (χ0) is 17.9. The van der Waals surface area contributed by atoms with Crippen molar-refractivity contribution in [2.24, 2.45) is 0 Å². The molecule has 0 bridgehead atoms. The number of likely N-dealkylation sites (tertiary alicyclic amines) is 1. The molecule has 1 aromatic heterocycles. The fraction of sp³-hybridized carbons (Fsp3) is 0.364. The third-order valence-electron chi connectivity index (χ3n) is 5.43. The number of benzene rings is 2. The summed E-state index contributed by atoms with van der Waals surface area (Å²) >= 11 is 0. The van der Waals surface area contributed by atoms with Gasteiger partial charge in [0.25, 0.3) is 0 Å². The molecular weight excluding hydrogens is 324 g/mol. The van der Waals surface area contributed by atoms with Gasteiger partial charge in [-0.25, -0.2) is 0 Å². The van der Waals surface area contributed by atoms with E-state index >= 15 is 0 Å². The molecule has 0 radical (unpaired) electrons. The lowest BCUT2D eigenvalue weighted by Crippen LogP contribution is -2.39. The SMILES string of the molecule is CC(O)N1CCC(c2c[nH]c3cc(OCc4ccccc4)ccc23)CC1. The summed E-state index contributed by atoms with van der Waals surface area (Å²) in [4.78, 5) is 5.55. The quantitative estimate of drug-likeness (QED) is 0.723. The van der Waals surface area contributed by atoms with Crippen LogP contribution in [0, 0.1) is 0 Å². The number of hydrogen-bond acceptors (Lipinski definition) is 3. The number of nitrogens with zero attached hydrogens (tertiary/aromatic N) is 1. The lowest BCUT2D eigenvalue weighted by molar-refractivity contribution is 0.00313. The maximum absolute atomic E-state index is 9.73. The van der Waals surface area contributed by atoms with E-state index in [1.54, 1.807) is 0 Å². The smallest absolute Gasteiger partial charge is 0.121 e. The summed E-state index contributed by atoms with van der Waals surface area (Å²) in [6, 6.07) is 16.5. The number of H-pyrrole nitrogens is 1. The molecule has 4 rings (SSSR count). The third-order valence-corrected chi connectivity index (χ3v) is 5.43. The molecule has 1 saturated heterocycles. The molecule has 2 N–H and O–H groups in total. The van der Waals surface area contributed by atoms with Gasteiger partial charge in [-0.2, -0.15) is 0 Å². The number of fused-ring (bicyclic) bond motifs is 1. The molecule has 1 aliphatic rings. The highest BCUT2D eigenvalue weighted by molar-refractivity contribution is 5.85. The molecule has 2 heterocycles. The summed E-state index contributed by atoms with van der Waals surface area (Å²) < 4.78 is 5.94. The van der Waals surface area contributed by atoms with E-state index < -0.39 is 0 Å². The van der Waals surface area contributed by atoms with Crippen LogP contribution in [0.3, 0.4) is 0 Å². The van der Waals surface area contributed by atoms with Crippen LogP contribution in [0.25, 0.3) is 10.9 Å². The van der Waals surface area contributed by atoms with Crippen molar-refractivity contribution in [1.29, 1.82) is 0 Å². The average Bonchev–Trinajstić information content (AvgIpc) is 3.10. The van der Waals surface area contributed by atoms with Crippen molar-refractivity contribution in [3.05, 3.63) is 65.9 Å². The van der Waals surface area contributed by atoms with Crippen LogP contribution in [-0.2, 0) is 6.61 Å². The first kappa shape index (κ1) is 17.1. The fourth-order valence-corrected chi connectivity index (χ4v) is 3.88. The zero-order valence-electron chi connectivity index (χ0n) is 15.2. The van der Waals surface area contributed by atoms with Gasteiger partial charge in [-0.15, -0.1) is 0 Å². The van der Waals surface area contributed by atoms with Gasteiger partial charge in [0.05, 0.1) is 0 Å². The lowest BCUT2D eigenvalue weighted by Gasteiger charge is -2.33. The standard InChI is InChI=1S/C22H26N2O2/c1-16(25)24-11-9-18(10-12-24)21-14-23-22-13-19(7-8-20(21)22)26-15-17-5-3-2-4-6-17/h2-8,13-14,16,18,23,25H,9-12,15H2,1H3. The van der Waals surface area contributed by atoms with Crippen LogP contribution >= 0.6 is 0 Å². The normalized spacial score (nSPS) is 17.5. The lowest BCUT2D eigenvalue weighted by atomic mass is 9.89. The van der Waals surface area contributed by atoms with Crippen molar-refractivity contribution < 1.29 is 9.84 Å². The molecule has 0 amide bonds. The highest BCUT2D eigenvalue weighted by Gasteiger charge is 2.24. The van der Waals surface area contributed by atoms with Crippen molar-refractivity contribution >= 4 is 10.9 Å². The summed E-state index contributed by atoms with van der Waals surface area (Å²) in [6.45, 7) is 4.33. The van der Waals surface area contributed by atoms with E-state index in [2.05, 4.69) is 46.4 Å². The molecule has 136 valence electrons. The van der Waals surface area contributed by atoms with Crippen LogP contribution in [0.15, 0.2) is 54.7 Å². The Morgan fingerprint density at radius 2 is 1.92 bits per heavy atom. The number of aromatic amines is 1. The Balaban J connectivity index is 1.46. The number of hydrogen-bond donors (Lipinski definition) is 2. The third kappa shape index (κ3) is 3.62. The average molecular weight is 350 g/mol. The minimum atomic E-state index is -0.344. The van der Waals surface area contributed by atoms with Gasteiger partial charge in [0.1, 0.15) is 18.6 Å². The summed E-state index contributed by atoms with van der Waals surface area (Å²) in [6.07, 6.45) is 3.98. The summed E-state index contributed by atoms with van der Waals surface area (Å²) in [5.41, 5.74) is 3.69. The molecule has 1 fully saturated rings. The van der Waals surface area contributed by atoms with Crippen molar-refractivity contribution in [2.75, 3.05) is 13.1 Å². The predicted molar refractivity (Wildman–Crippen MR) is 104 cm³/mol. The molecule has 4 nitrogen and oxygen atoms in total. The molecule has 4 heteroatoms. The zero-order valence-corrected chi connectivity index (χ0v) is 15.2. The van der Waals surface area contributed by atoms with Gasteiger partial charge < -0.3 is 14.8 Å². The number of aromatic nitrogens is 1. The predicted octanol–water partition coefficient (Wildman–Crippen LogP) is 4.26. The monoisotopic (exact) mass is 350 g/mol. The highest BCUT2D eigenvalue weighted by Crippen LogP contribution is 2.34. The van der Waals surface area contributed by atoms with Gasteiger partial charge in [0.2, 0.25) is 0 Å². The first-order valence-corrected chi connectivity index (χ1v) is 9.40. The molecule has 2 aromatic carbocycles. The Morgan fingerprint density at radius 1 is 1.15 bits per heavy atom. The molecule has 26 heavy (non-hydrogen) atoms. The van der Waals surface area contributed by atoms with E-state index in [0.717, 1.165) is 37.2 Å². The van der Waals surface area contributed by atoms with Crippen LogP contribution in [0.5, 0.6) is 5.75 Å². The topological polar surface area (TPSA) is 48.5 Å². The number of ether oxygens (including phenoxy) is 1. The van der Waals surface area contributed by atoms with Gasteiger partial charge in [-0.1, -0.05) is 30.3 Å². The van der Waals surface area contributed by atoms with Crippen LogP contribution in [0.2, 0.25) is 0 Å². The fourth-order valence-electron chi connectivity index (χ4n) is 3.88. The molecule has 3 aromatic rings. The Labute approximate surface area is 154 Å². The molecular formula is C22H26N2O2. The first-order chi connectivity index (χ1) is 12.7. The minimum absolute atomic E-state index is 0.344. The molecule has 1 unspecified atom stereocenters. The van der Waals surface area contributed by atoms with Crippen molar-refractivity contribution in [3.8, 4) is 5.75 Å². The molecule has 1 atom stereocenters. The molecule has 1 aliphatic heterocycles. The van der Waals surface area contributed by atoms with Gasteiger partial charge in [-0.3, -0.25) is 4.90 Å². The van der Waals surface area contributed by atoms with Gasteiger partial charge in [0.15, 0.2) is 0 Å². The highest BCUT2D eigenvalue weighted by atomic mass is 16.5. The van der Waals surface area contributed by atoms with Gasteiger partial charge >= 0.3 is 0 Å². The molecule has 0 aliphatic carbocycles. The number of aliphatic hydroxyl groups is 1. The Bertz CT molecular complexity index is 849. The Hall–Kier alpha value is -2.30.